The molecule has 0 aliphatic rings. The zero-order chi connectivity index (χ0) is 17.9. The monoisotopic (exact) mass is 349 g/mol. The highest BCUT2D eigenvalue weighted by molar-refractivity contribution is 7.10. The average molecular weight is 349 g/mol. The van der Waals surface area contributed by atoms with Gasteiger partial charge in [0.05, 0.1) is 31.2 Å². The Kier molecular flexibility index (Phi) is 5.77. The summed E-state index contributed by atoms with van der Waals surface area (Å²) >= 11 is 1.50. The molecule has 6 nitrogen and oxygen atoms in total. The molecule has 2 aromatic rings. The predicted molar refractivity (Wildman–Crippen MR) is 92.9 cm³/mol. The number of nitrogens with one attached hydrogen (secondary N) is 1. The number of esters is 1. The highest BCUT2D eigenvalue weighted by Crippen LogP contribution is 2.26. The normalized spacial score (nSPS) is 13.4. The number of aryl methyl sites for hydroxylation is 2. The van der Waals surface area contributed by atoms with Gasteiger partial charge in [0.1, 0.15) is 0 Å². The molecule has 0 spiro atoms. The van der Waals surface area contributed by atoms with Crippen LogP contribution in [0.4, 0.5) is 0 Å². The number of rotatable bonds is 6. The molecule has 24 heavy (non-hydrogen) atoms. The molecule has 0 fully saturated rings. The highest BCUT2D eigenvalue weighted by Gasteiger charge is 2.26. The van der Waals surface area contributed by atoms with Gasteiger partial charge in [-0.25, -0.2) is 0 Å². The molecule has 0 saturated carbocycles. The van der Waals surface area contributed by atoms with Crippen LogP contribution in [0.5, 0.6) is 0 Å². The first-order valence-corrected chi connectivity index (χ1v) is 8.63. The maximum absolute atomic E-state index is 12.7. The third kappa shape index (κ3) is 3.84. The lowest BCUT2D eigenvalue weighted by molar-refractivity contribution is -0.141. The van der Waals surface area contributed by atoms with Crippen molar-refractivity contribution in [3.63, 3.8) is 0 Å². The second-order valence-corrected chi connectivity index (χ2v) is 6.77. The Morgan fingerprint density at radius 3 is 2.62 bits per heavy atom. The lowest BCUT2D eigenvalue weighted by atomic mass is 9.97. The van der Waals surface area contributed by atoms with E-state index in [0.29, 0.717) is 0 Å². The Balaban J connectivity index is 2.19. The number of amides is 1. The van der Waals surface area contributed by atoms with Crippen molar-refractivity contribution in [3.8, 4) is 0 Å². The molecule has 0 saturated heterocycles. The molecular formula is C17H23N3O3S. The number of hydrogen-bond donors (Lipinski definition) is 1. The van der Waals surface area contributed by atoms with Gasteiger partial charge in [-0.2, -0.15) is 5.10 Å². The Labute approximate surface area is 145 Å². The Morgan fingerprint density at radius 1 is 1.42 bits per heavy atom. The minimum Gasteiger partial charge on any atom is -0.469 e. The summed E-state index contributed by atoms with van der Waals surface area (Å²) in [5.41, 5.74) is 2.74. The second-order valence-electron chi connectivity index (χ2n) is 5.79. The van der Waals surface area contributed by atoms with E-state index >= 15 is 0 Å². The minimum atomic E-state index is -0.385. The van der Waals surface area contributed by atoms with Crippen molar-refractivity contribution in [1.29, 1.82) is 0 Å². The molecule has 0 aromatic carbocycles. The summed E-state index contributed by atoms with van der Waals surface area (Å²) in [5, 5.41) is 9.27. The first kappa shape index (κ1) is 18.2. The van der Waals surface area contributed by atoms with Crippen LogP contribution in [0.15, 0.2) is 17.5 Å². The van der Waals surface area contributed by atoms with E-state index in [1.165, 1.54) is 18.4 Å². The molecule has 0 radical (unpaired) electrons. The molecule has 2 rings (SSSR count). The van der Waals surface area contributed by atoms with Crippen molar-refractivity contribution in [2.75, 3.05) is 7.11 Å². The number of carbonyl (C=O) groups excluding carboxylic acids is 2. The van der Waals surface area contributed by atoms with Crippen molar-refractivity contribution in [2.24, 2.45) is 7.05 Å². The van der Waals surface area contributed by atoms with Crippen molar-refractivity contribution >= 4 is 23.2 Å². The smallest absolute Gasteiger partial charge is 0.307 e. The Morgan fingerprint density at radius 2 is 2.12 bits per heavy atom. The number of ether oxygens (including phenoxy) is 1. The van der Waals surface area contributed by atoms with Crippen LogP contribution < -0.4 is 5.32 Å². The topological polar surface area (TPSA) is 73.2 Å². The molecule has 1 amide bonds. The number of nitrogens with zero attached hydrogens (tertiary/aromatic N) is 2. The molecule has 7 heteroatoms. The number of carbonyl (C=O) groups is 2. The summed E-state index contributed by atoms with van der Waals surface area (Å²) in [5.74, 6) is -0.828. The van der Waals surface area contributed by atoms with Gasteiger partial charge in [-0.05, 0) is 32.2 Å². The molecule has 2 heterocycles. The van der Waals surface area contributed by atoms with Crippen molar-refractivity contribution in [3.05, 3.63) is 39.3 Å². The van der Waals surface area contributed by atoms with Gasteiger partial charge in [-0.1, -0.05) is 6.07 Å². The summed E-state index contributed by atoms with van der Waals surface area (Å²) < 4.78 is 6.53. The summed E-state index contributed by atoms with van der Waals surface area (Å²) in [6, 6.07) is 3.42. The molecule has 2 aromatic heterocycles. The molecule has 130 valence electrons. The van der Waals surface area contributed by atoms with Gasteiger partial charge < -0.3 is 10.1 Å². The molecule has 0 aliphatic heterocycles. The van der Waals surface area contributed by atoms with Crippen LogP contribution in [0, 0.1) is 13.8 Å². The Bertz CT molecular complexity index is 722. The van der Waals surface area contributed by atoms with E-state index in [4.69, 9.17) is 4.74 Å². The fourth-order valence-electron chi connectivity index (χ4n) is 2.81. The van der Waals surface area contributed by atoms with Crippen LogP contribution in [0.25, 0.3) is 0 Å². The van der Waals surface area contributed by atoms with E-state index in [1.54, 1.807) is 4.68 Å². The van der Waals surface area contributed by atoms with Crippen LogP contribution in [-0.4, -0.2) is 28.8 Å². The van der Waals surface area contributed by atoms with E-state index < -0.39 is 0 Å². The van der Waals surface area contributed by atoms with Crippen molar-refractivity contribution in [2.45, 2.75) is 39.2 Å². The fraction of sp³-hybridized carbons (Fsp3) is 0.471. The summed E-state index contributed by atoms with van der Waals surface area (Å²) in [6.45, 7) is 5.71. The first-order chi connectivity index (χ1) is 11.3. The van der Waals surface area contributed by atoms with Crippen molar-refractivity contribution in [1.82, 2.24) is 15.1 Å². The number of methoxy groups -OCH3 is 1. The third-order valence-corrected chi connectivity index (χ3v) is 5.18. The number of hydrogen-bond acceptors (Lipinski definition) is 5. The predicted octanol–water partition coefficient (Wildman–Crippen LogP) is 2.62. The van der Waals surface area contributed by atoms with Crippen LogP contribution >= 0.6 is 11.3 Å². The number of aromatic nitrogens is 2. The van der Waals surface area contributed by atoms with Gasteiger partial charge in [-0.3, -0.25) is 14.3 Å². The summed E-state index contributed by atoms with van der Waals surface area (Å²) in [6.07, 6.45) is 0.112. The molecule has 1 N–H and O–H groups in total. The van der Waals surface area contributed by atoms with E-state index in [-0.39, 0.29) is 30.3 Å². The maximum atomic E-state index is 12.7. The molecule has 0 unspecified atom stereocenters. The van der Waals surface area contributed by atoms with E-state index in [1.807, 2.05) is 45.3 Å². The summed E-state index contributed by atoms with van der Waals surface area (Å²) in [7, 11) is 3.21. The van der Waals surface area contributed by atoms with Gasteiger partial charge in [0.25, 0.3) is 0 Å². The zero-order valence-corrected chi connectivity index (χ0v) is 15.4. The molecule has 2 atom stereocenters. The van der Waals surface area contributed by atoms with Crippen LogP contribution in [0.3, 0.4) is 0 Å². The van der Waals surface area contributed by atoms with Gasteiger partial charge >= 0.3 is 5.97 Å². The largest absolute Gasteiger partial charge is 0.469 e. The molecule has 0 bridgehead atoms. The molecular weight excluding hydrogens is 326 g/mol. The van der Waals surface area contributed by atoms with E-state index in [9.17, 15) is 9.59 Å². The zero-order valence-electron chi connectivity index (χ0n) is 14.6. The second kappa shape index (κ2) is 7.61. The highest BCUT2D eigenvalue weighted by atomic mass is 32.1. The standard InChI is InChI=1S/C17H23N3O3S/c1-10(16-11(2)19-20(4)12(16)3)17(22)18-13(9-15(21)23-5)14-7-6-8-24-14/h6-8,10,13H,9H2,1-5H3,(H,18,22)/t10-,13-/m1/s1. The SMILES string of the molecule is COC(=O)C[C@@H](NC(=O)[C@H](C)c1c(C)nn(C)c1C)c1cccs1. The Hall–Kier alpha value is -2.15. The average Bonchev–Trinajstić information content (AvgIpc) is 3.15. The minimum absolute atomic E-state index is 0.112. The van der Waals surface area contributed by atoms with Gasteiger partial charge in [0.15, 0.2) is 0 Å². The van der Waals surface area contributed by atoms with E-state index in [0.717, 1.165) is 21.8 Å². The fourth-order valence-corrected chi connectivity index (χ4v) is 3.58. The van der Waals surface area contributed by atoms with Gasteiger partial charge in [-0.15, -0.1) is 11.3 Å². The lowest BCUT2D eigenvalue weighted by Crippen LogP contribution is -2.33. The number of thiophene rings is 1. The van der Waals surface area contributed by atoms with Crippen LogP contribution in [-0.2, 0) is 21.4 Å². The van der Waals surface area contributed by atoms with Crippen LogP contribution in [0.2, 0.25) is 0 Å². The van der Waals surface area contributed by atoms with E-state index in [2.05, 4.69) is 10.4 Å². The first-order valence-electron chi connectivity index (χ1n) is 7.75. The lowest BCUT2D eigenvalue weighted by Gasteiger charge is -2.20. The summed E-state index contributed by atoms with van der Waals surface area (Å²) in [4.78, 5) is 25.3. The van der Waals surface area contributed by atoms with Gasteiger partial charge in [0, 0.05) is 23.2 Å². The van der Waals surface area contributed by atoms with Gasteiger partial charge in [0.2, 0.25) is 5.91 Å². The maximum Gasteiger partial charge on any atom is 0.307 e. The third-order valence-electron chi connectivity index (χ3n) is 4.19. The van der Waals surface area contributed by atoms with Crippen LogP contribution in [0.1, 0.15) is 47.1 Å². The molecule has 0 aliphatic carbocycles. The quantitative estimate of drug-likeness (QED) is 0.814. The van der Waals surface area contributed by atoms with Crippen molar-refractivity contribution < 1.29 is 14.3 Å².